The zero-order chi connectivity index (χ0) is 16.3. The van der Waals surface area contributed by atoms with Gasteiger partial charge in [0.15, 0.2) is 0 Å². The summed E-state index contributed by atoms with van der Waals surface area (Å²) in [6.45, 7) is 9.33. The zero-order valence-corrected chi connectivity index (χ0v) is 14.9. The monoisotopic (exact) mass is 364 g/mol. The quantitative estimate of drug-likeness (QED) is 0.863. The lowest BCUT2D eigenvalue weighted by atomic mass is 10.2. The average Bonchev–Trinajstić information content (AvgIpc) is 2.75. The normalized spacial score (nSPS) is 10.6. The van der Waals surface area contributed by atoms with Crippen molar-refractivity contribution >= 4 is 27.6 Å². The molecule has 22 heavy (non-hydrogen) atoms. The van der Waals surface area contributed by atoms with Crippen molar-refractivity contribution in [2.24, 2.45) is 0 Å². The highest BCUT2D eigenvalue weighted by Gasteiger charge is 2.11. The summed E-state index contributed by atoms with van der Waals surface area (Å²) in [4.78, 5) is 12.0. The first-order valence-electron chi connectivity index (χ1n) is 7.26. The van der Waals surface area contributed by atoms with Crippen molar-refractivity contribution in [1.82, 2.24) is 15.1 Å². The van der Waals surface area contributed by atoms with Crippen molar-refractivity contribution < 1.29 is 4.79 Å². The van der Waals surface area contributed by atoms with Crippen molar-refractivity contribution in [3.8, 4) is 0 Å². The summed E-state index contributed by atoms with van der Waals surface area (Å²) in [5, 5.41) is 10.2. The van der Waals surface area contributed by atoms with E-state index in [0.717, 1.165) is 39.2 Å². The Hall–Kier alpha value is -1.82. The predicted octanol–water partition coefficient (Wildman–Crippen LogP) is 3.91. The first-order chi connectivity index (χ1) is 10.4. The predicted molar refractivity (Wildman–Crippen MR) is 92.1 cm³/mol. The second kappa shape index (κ2) is 6.96. The van der Waals surface area contributed by atoms with Gasteiger partial charge in [0.25, 0.3) is 0 Å². The number of amides is 2. The maximum Gasteiger partial charge on any atom is 0.319 e. The van der Waals surface area contributed by atoms with Gasteiger partial charge in [0.1, 0.15) is 0 Å². The molecule has 6 heteroatoms. The molecule has 2 aromatic rings. The molecular weight excluding hydrogens is 344 g/mol. The third-order valence-electron chi connectivity index (χ3n) is 3.67. The lowest BCUT2D eigenvalue weighted by molar-refractivity contribution is 0.251. The Bertz CT molecular complexity index is 694. The minimum Gasteiger partial charge on any atom is -0.334 e. The van der Waals surface area contributed by atoms with Gasteiger partial charge in [-0.1, -0.05) is 15.9 Å². The summed E-state index contributed by atoms with van der Waals surface area (Å²) >= 11 is 3.44. The van der Waals surface area contributed by atoms with Crippen LogP contribution in [0.1, 0.15) is 29.4 Å². The molecule has 0 unspecified atom stereocenters. The Balaban J connectivity index is 1.98. The fourth-order valence-electron chi connectivity index (χ4n) is 2.36. The Labute approximate surface area is 139 Å². The van der Waals surface area contributed by atoms with E-state index in [2.05, 4.69) is 38.6 Å². The number of hydrogen-bond donors (Lipinski definition) is 2. The van der Waals surface area contributed by atoms with Crippen molar-refractivity contribution in [2.75, 3.05) is 5.32 Å². The van der Waals surface area contributed by atoms with Gasteiger partial charge in [0.2, 0.25) is 0 Å². The first kappa shape index (κ1) is 16.5. The topological polar surface area (TPSA) is 59.0 Å². The number of carbonyl (C=O) groups excluding carboxylic acids is 1. The van der Waals surface area contributed by atoms with Gasteiger partial charge in [0, 0.05) is 34.5 Å². The summed E-state index contributed by atoms with van der Waals surface area (Å²) in [6.07, 6.45) is 0. The number of anilines is 1. The Kier molecular flexibility index (Phi) is 5.24. The largest absolute Gasteiger partial charge is 0.334 e. The molecule has 2 rings (SSSR count). The molecule has 118 valence electrons. The van der Waals surface area contributed by atoms with E-state index in [-0.39, 0.29) is 6.03 Å². The number of hydrogen-bond acceptors (Lipinski definition) is 2. The number of halogens is 1. The highest BCUT2D eigenvalue weighted by Crippen LogP contribution is 2.20. The molecule has 0 aliphatic carbocycles. The van der Waals surface area contributed by atoms with E-state index in [0.29, 0.717) is 6.54 Å². The Morgan fingerprint density at radius 2 is 2.05 bits per heavy atom. The molecule has 1 aromatic heterocycles. The smallest absolute Gasteiger partial charge is 0.319 e. The molecule has 0 spiro atoms. The van der Waals surface area contributed by atoms with Gasteiger partial charge in [-0.15, -0.1) is 0 Å². The first-order valence-corrected chi connectivity index (χ1v) is 8.05. The van der Waals surface area contributed by atoms with E-state index in [9.17, 15) is 4.79 Å². The van der Waals surface area contributed by atoms with Crippen LogP contribution in [-0.2, 0) is 13.1 Å². The van der Waals surface area contributed by atoms with E-state index < -0.39 is 0 Å². The minimum atomic E-state index is -0.218. The molecular formula is C16H21BrN4O. The third kappa shape index (κ3) is 3.68. The summed E-state index contributed by atoms with van der Waals surface area (Å²) in [7, 11) is 0. The summed E-state index contributed by atoms with van der Waals surface area (Å²) in [6, 6.07) is 5.49. The zero-order valence-electron chi connectivity index (χ0n) is 13.3. The summed E-state index contributed by atoms with van der Waals surface area (Å²) < 4.78 is 2.97. The summed E-state index contributed by atoms with van der Waals surface area (Å²) in [5.74, 6) is 0. The highest BCUT2D eigenvalue weighted by atomic mass is 79.9. The van der Waals surface area contributed by atoms with Gasteiger partial charge < -0.3 is 10.6 Å². The molecule has 0 aliphatic rings. The van der Waals surface area contributed by atoms with Crippen molar-refractivity contribution in [1.29, 1.82) is 0 Å². The number of carbonyl (C=O) groups is 1. The van der Waals surface area contributed by atoms with Gasteiger partial charge in [-0.05, 0) is 51.5 Å². The van der Waals surface area contributed by atoms with E-state index in [1.165, 1.54) is 0 Å². The molecule has 0 fully saturated rings. The van der Waals surface area contributed by atoms with Crippen LogP contribution >= 0.6 is 15.9 Å². The van der Waals surface area contributed by atoms with Crippen LogP contribution < -0.4 is 10.6 Å². The number of aromatic nitrogens is 2. The van der Waals surface area contributed by atoms with Crippen LogP contribution in [0, 0.1) is 20.8 Å². The summed E-state index contributed by atoms with van der Waals surface area (Å²) in [5.41, 5.74) is 4.98. The molecule has 2 N–H and O–H groups in total. The minimum absolute atomic E-state index is 0.218. The highest BCUT2D eigenvalue weighted by molar-refractivity contribution is 9.10. The van der Waals surface area contributed by atoms with Crippen molar-refractivity contribution in [2.45, 2.75) is 40.8 Å². The molecule has 0 aliphatic heterocycles. The van der Waals surface area contributed by atoms with Crippen molar-refractivity contribution in [3.05, 3.63) is 45.2 Å². The number of urea groups is 1. The van der Waals surface area contributed by atoms with Crippen LogP contribution in [0.4, 0.5) is 10.5 Å². The Morgan fingerprint density at radius 3 is 2.64 bits per heavy atom. The van der Waals surface area contributed by atoms with Crippen LogP contribution in [0.2, 0.25) is 0 Å². The molecule has 5 nitrogen and oxygen atoms in total. The molecule has 0 saturated carbocycles. The average molecular weight is 365 g/mol. The lowest BCUT2D eigenvalue weighted by Crippen LogP contribution is -2.28. The molecule has 0 saturated heterocycles. The van der Waals surface area contributed by atoms with Crippen LogP contribution in [0.3, 0.4) is 0 Å². The SMILES string of the molecule is CCn1nc(C)c(CNC(=O)Nc2ccc(Br)c(C)c2)c1C. The number of aryl methyl sites for hydroxylation is 3. The van der Waals surface area contributed by atoms with Crippen LogP contribution in [0.5, 0.6) is 0 Å². The van der Waals surface area contributed by atoms with Crippen LogP contribution in [0.25, 0.3) is 0 Å². The van der Waals surface area contributed by atoms with Gasteiger partial charge in [0.05, 0.1) is 5.69 Å². The maximum atomic E-state index is 12.0. The molecule has 0 radical (unpaired) electrons. The van der Waals surface area contributed by atoms with Gasteiger partial charge in [-0.2, -0.15) is 5.10 Å². The van der Waals surface area contributed by atoms with Gasteiger partial charge in [-0.25, -0.2) is 4.79 Å². The number of rotatable bonds is 4. The van der Waals surface area contributed by atoms with Gasteiger partial charge in [-0.3, -0.25) is 4.68 Å². The molecule has 0 bridgehead atoms. The van der Waals surface area contributed by atoms with E-state index in [4.69, 9.17) is 0 Å². The molecule has 0 atom stereocenters. The second-order valence-corrected chi connectivity index (χ2v) is 6.09. The standard InChI is InChI=1S/C16H21BrN4O/c1-5-21-12(4)14(11(3)20-21)9-18-16(22)19-13-6-7-15(17)10(2)8-13/h6-8H,5,9H2,1-4H3,(H2,18,19,22). The third-order valence-corrected chi connectivity index (χ3v) is 4.56. The van der Waals surface area contributed by atoms with E-state index in [1.54, 1.807) is 0 Å². The van der Waals surface area contributed by atoms with Crippen LogP contribution in [-0.4, -0.2) is 15.8 Å². The fourth-order valence-corrected chi connectivity index (χ4v) is 2.61. The van der Waals surface area contributed by atoms with E-state index >= 15 is 0 Å². The number of benzene rings is 1. The second-order valence-electron chi connectivity index (χ2n) is 5.24. The van der Waals surface area contributed by atoms with E-state index in [1.807, 2.05) is 43.7 Å². The number of nitrogens with one attached hydrogen (secondary N) is 2. The molecule has 2 amide bonds. The number of nitrogens with zero attached hydrogens (tertiary/aromatic N) is 2. The molecule has 1 heterocycles. The maximum absolute atomic E-state index is 12.0. The lowest BCUT2D eigenvalue weighted by Gasteiger charge is -2.09. The fraction of sp³-hybridized carbons (Fsp3) is 0.375. The van der Waals surface area contributed by atoms with Crippen molar-refractivity contribution in [3.63, 3.8) is 0 Å². The van der Waals surface area contributed by atoms with Crippen LogP contribution in [0.15, 0.2) is 22.7 Å². The molecule has 1 aromatic carbocycles. The Morgan fingerprint density at radius 1 is 1.32 bits per heavy atom. The van der Waals surface area contributed by atoms with Gasteiger partial charge >= 0.3 is 6.03 Å².